The van der Waals surface area contributed by atoms with E-state index < -0.39 is 22.7 Å². The predicted octanol–water partition coefficient (Wildman–Crippen LogP) is 4.94. The lowest BCUT2D eigenvalue weighted by atomic mass is 9.96. The Hall–Kier alpha value is -3.71. The number of alkyl halides is 3. The summed E-state index contributed by atoms with van der Waals surface area (Å²) in [6, 6.07) is 2.33. The Bertz CT molecular complexity index is 1600. The fraction of sp³-hybridized carbons (Fsp3) is 0.500. The average Bonchev–Trinajstić information content (AvgIpc) is 3.36. The molecule has 1 aromatic carbocycles. The summed E-state index contributed by atoms with van der Waals surface area (Å²) in [5, 5.41) is 4.28. The van der Waals surface area contributed by atoms with E-state index in [1.807, 2.05) is 27.7 Å². The van der Waals surface area contributed by atoms with Gasteiger partial charge in [-0.3, -0.25) is 14.3 Å². The highest BCUT2D eigenvalue weighted by molar-refractivity contribution is 6.31. The first kappa shape index (κ1) is 30.3. The number of ether oxygens (including phenoxy) is 1. The molecule has 4 atom stereocenters. The molecule has 3 aliphatic heterocycles. The van der Waals surface area contributed by atoms with E-state index in [1.165, 1.54) is 11.0 Å². The van der Waals surface area contributed by atoms with E-state index in [1.54, 1.807) is 22.0 Å². The van der Waals surface area contributed by atoms with Gasteiger partial charge in [0.25, 0.3) is 11.8 Å². The monoisotopic (exact) mass is 631 g/mol. The van der Waals surface area contributed by atoms with Crippen LogP contribution in [0, 0.1) is 0 Å². The zero-order valence-corrected chi connectivity index (χ0v) is 25.6. The molecule has 1 saturated heterocycles. The number of nitrogens with zero attached hydrogens (tertiary/aromatic N) is 7. The van der Waals surface area contributed by atoms with Crippen LogP contribution in [0.25, 0.3) is 0 Å². The maximum Gasteiger partial charge on any atom is 0.417 e. The highest BCUT2D eigenvalue weighted by Gasteiger charge is 2.41. The van der Waals surface area contributed by atoms with E-state index in [-0.39, 0.29) is 42.2 Å². The van der Waals surface area contributed by atoms with E-state index in [9.17, 15) is 22.8 Å². The zero-order valence-electron chi connectivity index (χ0n) is 24.8. The Morgan fingerprint density at radius 3 is 2.52 bits per heavy atom. The summed E-state index contributed by atoms with van der Waals surface area (Å²) < 4.78 is 47.8. The van der Waals surface area contributed by atoms with Crippen molar-refractivity contribution in [3.63, 3.8) is 0 Å². The van der Waals surface area contributed by atoms with Gasteiger partial charge in [0, 0.05) is 61.2 Å². The number of fused-ring (bicyclic) bond motifs is 3. The molecule has 0 spiro atoms. The van der Waals surface area contributed by atoms with Crippen molar-refractivity contribution in [2.45, 2.75) is 71.1 Å². The first-order valence-electron chi connectivity index (χ1n) is 14.6. The summed E-state index contributed by atoms with van der Waals surface area (Å²) in [7, 11) is 0. The van der Waals surface area contributed by atoms with Gasteiger partial charge >= 0.3 is 6.18 Å². The van der Waals surface area contributed by atoms with Crippen LogP contribution in [0.15, 0.2) is 30.6 Å². The molecule has 0 aliphatic carbocycles. The number of rotatable bonds is 4. The van der Waals surface area contributed by atoms with Gasteiger partial charge in [-0.25, -0.2) is 9.97 Å². The second kappa shape index (κ2) is 11.3. The molecule has 234 valence electrons. The van der Waals surface area contributed by atoms with Crippen LogP contribution in [0.5, 0.6) is 0 Å². The van der Waals surface area contributed by atoms with Crippen molar-refractivity contribution in [2.24, 2.45) is 0 Å². The molecule has 6 rings (SSSR count). The highest BCUT2D eigenvalue weighted by Crippen LogP contribution is 2.37. The van der Waals surface area contributed by atoms with Gasteiger partial charge in [0.05, 0.1) is 47.6 Å². The molecule has 3 aromatic rings. The van der Waals surface area contributed by atoms with Crippen molar-refractivity contribution < 1.29 is 27.5 Å². The Morgan fingerprint density at radius 2 is 1.84 bits per heavy atom. The van der Waals surface area contributed by atoms with Crippen molar-refractivity contribution >= 4 is 29.4 Å². The molecular weight excluding hydrogens is 599 g/mol. The Morgan fingerprint density at radius 1 is 1.11 bits per heavy atom. The van der Waals surface area contributed by atoms with E-state index in [0.29, 0.717) is 55.6 Å². The van der Waals surface area contributed by atoms with Gasteiger partial charge in [0.2, 0.25) is 5.95 Å². The lowest BCUT2D eigenvalue weighted by Gasteiger charge is -2.37. The smallest absolute Gasteiger partial charge is 0.375 e. The molecule has 2 aromatic heterocycles. The van der Waals surface area contributed by atoms with Crippen LogP contribution in [0.4, 0.5) is 19.1 Å². The number of halogens is 4. The molecule has 0 radical (unpaired) electrons. The first-order chi connectivity index (χ1) is 20.8. The fourth-order valence-electron chi connectivity index (χ4n) is 6.23. The topological polar surface area (TPSA) is 96.7 Å². The molecule has 0 saturated carbocycles. The van der Waals surface area contributed by atoms with Gasteiger partial charge in [0.15, 0.2) is 0 Å². The minimum atomic E-state index is -4.70. The van der Waals surface area contributed by atoms with Crippen molar-refractivity contribution in [3.05, 3.63) is 69.3 Å². The second-order valence-corrected chi connectivity index (χ2v) is 12.2. The van der Waals surface area contributed by atoms with E-state index in [2.05, 4.69) is 14.9 Å². The van der Waals surface area contributed by atoms with Gasteiger partial charge in [0.1, 0.15) is 5.69 Å². The molecule has 5 heterocycles. The second-order valence-electron chi connectivity index (χ2n) is 11.8. The minimum absolute atomic E-state index is 0.0467. The summed E-state index contributed by atoms with van der Waals surface area (Å²) in [6.45, 7) is 10.2. The average molecular weight is 632 g/mol. The van der Waals surface area contributed by atoms with Crippen LogP contribution in [0.1, 0.15) is 83.0 Å². The molecular formula is C30H33ClF3N7O3. The fourth-order valence-corrected chi connectivity index (χ4v) is 6.45. The van der Waals surface area contributed by atoms with Crippen molar-refractivity contribution in [2.75, 3.05) is 31.1 Å². The third kappa shape index (κ3) is 5.40. The molecule has 2 amide bonds. The third-order valence-electron chi connectivity index (χ3n) is 8.69. The van der Waals surface area contributed by atoms with Crippen LogP contribution < -0.4 is 4.90 Å². The van der Waals surface area contributed by atoms with Gasteiger partial charge < -0.3 is 19.4 Å². The quantitative estimate of drug-likeness (QED) is 0.403. The minimum Gasteiger partial charge on any atom is -0.375 e. The standard InChI is InChI=1S/C30H33ClF3N7O3/c1-16-9-25-22(15-39(16)27(42)20-5-6-24(31)23(10-20)30(32,33)34)26-28(43)40(13-17(2)41(26)37-25)19(4)21-11-35-29(36-12-21)38-7-8-44-18(3)14-38/h5-6,10-12,16-19H,7-9,13-15H2,1-4H3/t16-,17-,18+,19?/m1/s1. The Labute approximate surface area is 257 Å². The van der Waals surface area contributed by atoms with Crippen LogP contribution in [-0.4, -0.2) is 79.7 Å². The third-order valence-corrected chi connectivity index (χ3v) is 9.02. The summed E-state index contributed by atoms with van der Waals surface area (Å²) in [6.07, 6.45) is -0.751. The van der Waals surface area contributed by atoms with Gasteiger partial charge in [-0.05, 0) is 45.9 Å². The summed E-state index contributed by atoms with van der Waals surface area (Å²) >= 11 is 5.78. The van der Waals surface area contributed by atoms with Gasteiger partial charge in [-0.1, -0.05) is 11.6 Å². The number of benzene rings is 1. The van der Waals surface area contributed by atoms with Crippen molar-refractivity contribution in [1.29, 1.82) is 0 Å². The molecule has 3 aliphatic rings. The molecule has 1 fully saturated rings. The van der Waals surface area contributed by atoms with Crippen LogP contribution in [-0.2, 0) is 23.9 Å². The number of amides is 2. The number of hydrogen-bond donors (Lipinski definition) is 0. The number of carbonyl (C=O) groups excluding carboxylic acids is 2. The lowest BCUT2D eigenvalue weighted by Crippen LogP contribution is -2.45. The number of hydrogen-bond acceptors (Lipinski definition) is 7. The molecule has 1 unspecified atom stereocenters. The largest absolute Gasteiger partial charge is 0.417 e. The Balaban J connectivity index is 1.25. The summed E-state index contributed by atoms with van der Waals surface area (Å²) in [4.78, 5) is 42.0. The molecule has 44 heavy (non-hydrogen) atoms. The van der Waals surface area contributed by atoms with Crippen molar-refractivity contribution in [3.8, 4) is 0 Å². The van der Waals surface area contributed by atoms with Gasteiger partial charge in [-0.15, -0.1) is 0 Å². The summed E-state index contributed by atoms with van der Waals surface area (Å²) in [5.41, 5.74) is 1.31. The number of carbonyl (C=O) groups is 2. The molecule has 14 heteroatoms. The van der Waals surface area contributed by atoms with Crippen molar-refractivity contribution in [1.82, 2.24) is 29.5 Å². The van der Waals surface area contributed by atoms with Crippen LogP contribution >= 0.6 is 11.6 Å². The summed E-state index contributed by atoms with van der Waals surface area (Å²) in [5.74, 6) is -0.189. The predicted molar refractivity (Wildman–Crippen MR) is 156 cm³/mol. The number of aromatic nitrogens is 4. The van der Waals surface area contributed by atoms with E-state index in [0.717, 1.165) is 17.7 Å². The SMILES string of the molecule is CC(c1cnc(N2CCO[C@@H](C)C2)nc1)N1C[C@@H](C)n2nc3c(c2C1=O)CN(C(=O)c1ccc(Cl)c(C(F)(F)F)c1)[C@H](C)C3. The Kier molecular flexibility index (Phi) is 7.81. The van der Waals surface area contributed by atoms with E-state index >= 15 is 0 Å². The lowest BCUT2D eigenvalue weighted by molar-refractivity contribution is -0.137. The highest BCUT2D eigenvalue weighted by atomic mass is 35.5. The number of morpholine rings is 1. The number of anilines is 1. The maximum atomic E-state index is 14.0. The maximum absolute atomic E-state index is 14.0. The molecule has 0 N–H and O–H groups in total. The molecule has 10 nitrogen and oxygen atoms in total. The zero-order chi connectivity index (χ0) is 31.5. The van der Waals surface area contributed by atoms with Gasteiger partial charge in [-0.2, -0.15) is 18.3 Å². The van der Waals surface area contributed by atoms with Crippen LogP contribution in [0.2, 0.25) is 5.02 Å². The molecule has 0 bridgehead atoms. The van der Waals surface area contributed by atoms with Crippen LogP contribution in [0.3, 0.4) is 0 Å². The van der Waals surface area contributed by atoms with E-state index in [4.69, 9.17) is 21.4 Å². The first-order valence-corrected chi connectivity index (χ1v) is 15.0. The normalized spacial score (nSPS) is 23.0.